The number of aliphatic hydroxyl groups is 1. The van der Waals surface area contributed by atoms with E-state index >= 15 is 0 Å². The van der Waals surface area contributed by atoms with Gasteiger partial charge in [-0.25, -0.2) is 0 Å². The lowest BCUT2D eigenvalue weighted by atomic mass is 9.96. The van der Waals surface area contributed by atoms with Crippen LogP contribution in [0.5, 0.6) is 0 Å². The lowest BCUT2D eigenvalue weighted by molar-refractivity contribution is -0.123. The molecule has 2 rings (SSSR count). The summed E-state index contributed by atoms with van der Waals surface area (Å²) in [5.41, 5.74) is 0.339. The maximum absolute atomic E-state index is 11.8. The molecule has 2 N–H and O–H groups in total. The third kappa shape index (κ3) is 4.05. The van der Waals surface area contributed by atoms with Gasteiger partial charge in [0, 0.05) is 26.0 Å². The molecule has 0 aliphatic carbocycles. The molecule has 1 fully saturated rings. The molecule has 1 amide bonds. The van der Waals surface area contributed by atoms with Gasteiger partial charge in [-0.15, -0.1) is 0 Å². The van der Waals surface area contributed by atoms with Crippen molar-refractivity contribution in [2.45, 2.75) is 44.3 Å². The van der Waals surface area contributed by atoms with E-state index in [0.717, 1.165) is 12.8 Å². The van der Waals surface area contributed by atoms with E-state index in [-0.39, 0.29) is 18.6 Å². The number of benzene rings is 1. The van der Waals surface area contributed by atoms with E-state index in [1.54, 1.807) is 0 Å². The van der Waals surface area contributed by atoms with Crippen molar-refractivity contribution in [3.63, 3.8) is 0 Å². The molecule has 0 bridgehead atoms. The van der Waals surface area contributed by atoms with Crippen LogP contribution in [0.15, 0.2) is 30.3 Å². The van der Waals surface area contributed by atoms with Crippen LogP contribution >= 0.6 is 0 Å². The Bertz CT molecular complexity index is 435. The molecule has 20 heavy (non-hydrogen) atoms. The van der Waals surface area contributed by atoms with Gasteiger partial charge in [0.05, 0.1) is 6.10 Å². The number of hydrogen-bond acceptors (Lipinski definition) is 3. The number of carbonyl (C=O) groups is 1. The van der Waals surface area contributed by atoms with Gasteiger partial charge in [0.1, 0.15) is 5.60 Å². The summed E-state index contributed by atoms with van der Waals surface area (Å²) in [7, 11) is 0. The summed E-state index contributed by atoms with van der Waals surface area (Å²) < 4.78 is 5.34. The molecule has 1 aromatic rings. The third-order valence-corrected chi connectivity index (χ3v) is 3.96. The fraction of sp³-hybridized carbons (Fsp3) is 0.562. The zero-order valence-corrected chi connectivity index (χ0v) is 12.0. The molecule has 4 heteroatoms. The molecule has 0 spiro atoms. The normalized spacial score (nSPS) is 25.6. The fourth-order valence-electron chi connectivity index (χ4n) is 2.44. The van der Waals surface area contributed by atoms with Crippen LogP contribution in [-0.2, 0) is 16.0 Å². The van der Waals surface area contributed by atoms with Crippen LogP contribution in [0.3, 0.4) is 0 Å². The summed E-state index contributed by atoms with van der Waals surface area (Å²) in [4.78, 5) is 11.8. The maximum Gasteiger partial charge on any atom is 0.220 e. The quantitative estimate of drug-likeness (QED) is 0.831. The van der Waals surface area contributed by atoms with Gasteiger partial charge >= 0.3 is 0 Å². The monoisotopic (exact) mass is 277 g/mol. The van der Waals surface area contributed by atoms with Gasteiger partial charge in [-0.05, 0) is 25.3 Å². The number of rotatable bonds is 6. The summed E-state index contributed by atoms with van der Waals surface area (Å²) in [5.74, 6) is -0.00606. The van der Waals surface area contributed by atoms with Crippen molar-refractivity contribution in [3.05, 3.63) is 35.9 Å². The zero-order chi connectivity index (χ0) is 14.4. The minimum atomic E-state index is -0.908. The van der Waals surface area contributed by atoms with Crippen LogP contribution in [0.1, 0.15) is 31.7 Å². The fourth-order valence-corrected chi connectivity index (χ4v) is 2.44. The SMILES string of the molecule is CC1OCCC1(O)CNC(=O)CCCc1ccccc1. The van der Waals surface area contributed by atoms with Gasteiger partial charge in [0.2, 0.25) is 5.91 Å². The van der Waals surface area contributed by atoms with Gasteiger partial charge in [0.25, 0.3) is 0 Å². The predicted molar refractivity (Wildman–Crippen MR) is 77.4 cm³/mol. The molecule has 1 aliphatic rings. The predicted octanol–water partition coefficient (Wildman–Crippen LogP) is 1.67. The Morgan fingerprint density at radius 1 is 1.45 bits per heavy atom. The molecule has 110 valence electrons. The van der Waals surface area contributed by atoms with Crippen molar-refractivity contribution in [1.82, 2.24) is 5.32 Å². The van der Waals surface area contributed by atoms with Crippen LogP contribution in [-0.4, -0.2) is 35.9 Å². The number of ether oxygens (including phenoxy) is 1. The van der Waals surface area contributed by atoms with Crippen molar-refractivity contribution < 1.29 is 14.6 Å². The van der Waals surface area contributed by atoms with Gasteiger partial charge in [-0.1, -0.05) is 30.3 Å². The van der Waals surface area contributed by atoms with E-state index in [9.17, 15) is 9.90 Å². The lowest BCUT2D eigenvalue weighted by Gasteiger charge is -2.26. The first-order chi connectivity index (χ1) is 9.60. The Hall–Kier alpha value is -1.39. The molecule has 1 aromatic carbocycles. The van der Waals surface area contributed by atoms with Crippen LogP contribution in [0.25, 0.3) is 0 Å². The van der Waals surface area contributed by atoms with Gasteiger partial charge in [0.15, 0.2) is 0 Å². The second-order valence-corrected chi connectivity index (χ2v) is 5.48. The minimum absolute atomic E-state index is 0.00606. The van der Waals surface area contributed by atoms with Crippen molar-refractivity contribution in [1.29, 1.82) is 0 Å². The molecule has 4 nitrogen and oxygen atoms in total. The molecule has 0 radical (unpaired) electrons. The molecule has 1 aliphatic heterocycles. The second kappa shape index (κ2) is 6.86. The summed E-state index contributed by atoms with van der Waals surface area (Å²) in [6, 6.07) is 10.1. The van der Waals surface area contributed by atoms with Gasteiger partial charge in [-0.3, -0.25) is 4.79 Å². The molecule has 0 saturated carbocycles. The van der Waals surface area contributed by atoms with Crippen LogP contribution in [0.4, 0.5) is 0 Å². The van der Waals surface area contributed by atoms with Gasteiger partial charge < -0.3 is 15.2 Å². The minimum Gasteiger partial charge on any atom is -0.385 e. The average Bonchev–Trinajstić information content (AvgIpc) is 2.78. The first-order valence-electron chi connectivity index (χ1n) is 7.25. The first kappa shape index (κ1) is 15.0. The topological polar surface area (TPSA) is 58.6 Å². The molecule has 1 heterocycles. The van der Waals surface area contributed by atoms with Crippen LogP contribution in [0, 0.1) is 0 Å². The second-order valence-electron chi connectivity index (χ2n) is 5.48. The molecular weight excluding hydrogens is 254 g/mol. The van der Waals surface area contributed by atoms with Crippen molar-refractivity contribution in [2.24, 2.45) is 0 Å². The highest BCUT2D eigenvalue weighted by Crippen LogP contribution is 2.24. The molecule has 0 aromatic heterocycles. The zero-order valence-electron chi connectivity index (χ0n) is 12.0. The Morgan fingerprint density at radius 3 is 2.85 bits per heavy atom. The Labute approximate surface area is 120 Å². The maximum atomic E-state index is 11.8. The van der Waals surface area contributed by atoms with Gasteiger partial charge in [-0.2, -0.15) is 0 Å². The highest BCUT2D eigenvalue weighted by molar-refractivity contribution is 5.75. The van der Waals surface area contributed by atoms with E-state index in [1.807, 2.05) is 25.1 Å². The standard InChI is InChI=1S/C16H23NO3/c1-13-16(19,10-11-20-13)12-17-15(18)9-5-8-14-6-3-2-4-7-14/h2-4,6-7,13,19H,5,8-12H2,1H3,(H,17,18). The Balaban J connectivity index is 1.66. The number of hydrogen-bond donors (Lipinski definition) is 2. The van der Waals surface area contributed by atoms with E-state index in [2.05, 4.69) is 17.4 Å². The van der Waals surface area contributed by atoms with Crippen LogP contribution < -0.4 is 5.32 Å². The number of amides is 1. The van der Waals surface area contributed by atoms with Crippen molar-refractivity contribution in [2.75, 3.05) is 13.2 Å². The van der Waals surface area contributed by atoms with E-state index in [0.29, 0.717) is 19.4 Å². The Kier molecular flexibility index (Phi) is 5.15. The third-order valence-electron chi connectivity index (χ3n) is 3.96. The lowest BCUT2D eigenvalue weighted by Crippen LogP contribution is -2.47. The van der Waals surface area contributed by atoms with E-state index in [4.69, 9.17) is 4.74 Å². The van der Waals surface area contributed by atoms with E-state index < -0.39 is 5.60 Å². The van der Waals surface area contributed by atoms with E-state index in [1.165, 1.54) is 5.56 Å². The molecular formula is C16H23NO3. The molecule has 1 saturated heterocycles. The largest absolute Gasteiger partial charge is 0.385 e. The first-order valence-corrected chi connectivity index (χ1v) is 7.25. The number of nitrogens with one attached hydrogen (secondary N) is 1. The van der Waals surface area contributed by atoms with Crippen molar-refractivity contribution in [3.8, 4) is 0 Å². The van der Waals surface area contributed by atoms with Crippen molar-refractivity contribution >= 4 is 5.91 Å². The highest BCUT2D eigenvalue weighted by Gasteiger charge is 2.39. The summed E-state index contributed by atoms with van der Waals surface area (Å²) in [6.45, 7) is 2.68. The number of aryl methyl sites for hydroxylation is 1. The van der Waals surface area contributed by atoms with Crippen LogP contribution in [0.2, 0.25) is 0 Å². The smallest absolute Gasteiger partial charge is 0.220 e. The molecule has 2 unspecified atom stereocenters. The average molecular weight is 277 g/mol. The summed E-state index contributed by atoms with van der Waals surface area (Å²) in [5, 5.41) is 13.1. The Morgan fingerprint density at radius 2 is 2.20 bits per heavy atom. The number of carbonyl (C=O) groups excluding carboxylic acids is 1. The molecule has 2 atom stereocenters. The highest BCUT2D eigenvalue weighted by atomic mass is 16.5. The summed E-state index contributed by atoms with van der Waals surface area (Å²) in [6.07, 6.45) is 2.57. The summed E-state index contributed by atoms with van der Waals surface area (Å²) >= 11 is 0.